The summed E-state index contributed by atoms with van der Waals surface area (Å²) >= 11 is 0. The summed E-state index contributed by atoms with van der Waals surface area (Å²) in [7, 11) is 1.25. The smallest absolute Gasteiger partial charge is 0 e. The molecule has 0 saturated carbocycles. The average molecular weight is 380 g/mol. The van der Waals surface area contributed by atoms with Crippen molar-refractivity contribution in [2.24, 2.45) is 0 Å². The fraction of sp³-hybridized carbons (Fsp3) is 0.882. The quantitative estimate of drug-likeness (QED) is 0.488. The summed E-state index contributed by atoms with van der Waals surface area (Å²) in [6.45, 7) is 26.8. The van der Waals surface area contributed by atoms with Crippen molar-refractivity contribution in [1.29, 1.82) is 0 Å². The minimum absolute atomic E-state index is 0. The van der Waals surface area contributed by atoms with Crippen LogP contribution < -0.4 is 0 Å². The van der Waals surface area contributed by atoms with Crippen LogP contribution in [0, 0.1) is 13.8 Å². The van der Waals surface area contributed by atoms with Crippen LogP contribution in [-0.2, 0) is 26.2 Å². The maximum atomic E-state index is 5.75. The molecule has 0 spiro atoms. The van der Waals surface area contributed by atoms with Crippen LogP contribution in [0.2, 0.25) is 0 Å². The van der Waals surface area contributed by atoms with Gasteiger partial charge >= 0.3 is 0 Å². The van der Waals surface area contributed by atoms with Gasteiger partial charge in [-0.3, -0.25) is 0 Å². The van der Waals surface area contributed by atoms with E-state index in [4.69, 9.17) is 5.73 Å². The van der Waals surface area contributed by atoms with Crippen molar-refractivity contribution >= 4 is 0 Å². The van der Waals surface area contributed by atoms with Crippen LogP contribution in [0.4, 0.5) is 0 Å². The van der Waals surface area contributed by atoms with Gasteiger partial charge in [-0.25, -0.2) is 0 Å². The molecule has 1 N–H and O–H groups in total. The second-order valence-electron chi connectivity index (χ2n) is 4.67. The Morgan fingerprint density at radius 3 is 0.619 bits per heavy atom. The van der Waals surface area contributed by atoms with Crippen LogP contribution in [0.1, 0.15) is 69.2 Å². The van der Waals surface area contributed by atoms with Gasteiger partial charge in [0.05, 0.1) is 0 Å². The maximum Gasteiger partial charge on any atom is 0 e. The molecule has 0 radical (unpaired) electrons. The van der Waals surface area contributed by atoms with Crippen molar-refractivity contribution in [2.45, 2.75) is 93.4 Å². The molecule has 3 nitrogen and oxygen atoms in total. The van der Waals surface area contributed by atoms with Crippen LogP contribution >= 0.6 is 0 Å². The van der Waals surface area contributed by atoms with Gasteiger partial charge in [0, 0.05) is 26.2 Å². The van der Waals surface area contributed by atoms with E-state index in [1.807, 2.05) is 0 Å². The first-order chi connectivity index (χ1) is 9.25. The van der Waals surface area contributed by atoms with Crippen molar-refractivity contribution in [1.82, 2.24) is 0 Å². The van der Waals surface area contributed by atoms with Gasteiger partial charge in [-0.2, -0.15) is 20.9 Å². The summed E-state index contributed by atoms with van der Waals surface area (Å²) in [5.74, 6) is 0. The zero-order valence-corrected chi connectivity index (χ0v) is 19.1. The fourth-order valence-electron chi connectivity index (χ4n) is 1.19. The summed E-state index contributed by atoms with van der Waals surface area (Å²) in [4.78, 5) is 0. The molecular weight excluding hydrogens is 337 g/mol. The van der Waals surface area contributed by atoms with Gasteiger partial charge in [0.1, 0.15) is 0 Å². The van der Waals surface area contributed by atoms with Crippen LogP contribution in [-0.4, -0.2) is 31.2 Å². The largest absolute Gasteiger partial charge is 0.680 e. The third kappa shape index (κ3) is 95.2. The van der Waals surface area contributed by atoms with Crippen molar-refractivity contribution < 1.29 is 26.2 Å². The minimum Gasteiger partial charge on any atom is -0.680 e. The van der Waals surface area contributed by atoms with E-state index in [0.717, 1.165) is 0 Å². The molecule has 4 heteroatoms. The van der Waals surface area contributed by atoms with Gasteiger partial charge in [-0.05, 0) is 0 Å². The Labute approximate surface area is 156 Å². The number of nitrogens with one attached hydrogen (secondary N) is 1. The molecule has 0 aliphatic carbocycles. The summed E-state index contributed by atoms with van der Waals surface area (Å²) in [5.41, 5.74) is 5.75. The molecule has 0 unspecified atom stereocenters. The molecule has 0 aromatic rings. The maximum absolute atomic E-state index is 5.75. The molecule has 0 aromatic heterocycles. The predicted molar refractivity (Wildman–Crippen MR) is 99.6 cm³/mol. The number of rotatable bonds is 4. The Morgan fingerprint density at radius 1 is 0.524 bits per heavy atom. The van der Waals surface area contributed by atoms with Gasteiger partial charge < -0.3 is 30.2 Å². The van der Waals surface area contributed by atoms with Crippen LogP contribution in [0.5, 0.6) is 0 Å². The molecule has 0 bridgehead atoms. The first-order valence-electron chi connectivity index (χ1n) is 7.57. The molecule has 0 atom stereocenters. The van der Waals surface area contributed by atoms with Crippen molar-refractivity contribution in [2.75, 3.05) is 7.05 Å². The minimum atomic E-state index is 0. The topological polar surface area (TPSA) is 52.0 Å². The number of nitrogens with zero attached hydrogens (tertiary/aromatic N) is 2. The zero-order valence-electron chi connectivity index (χ0n) is 16.6. The van der Waals surface area contributed by atoms with Crippen LogP contribution in [0.15, 0.2) is 0 Å². The van der Waals surface area contributed by atoms with E-state index in [9.17, 15) is 0 Å². The van der Waals surface area contributed by atoms with E-state index in [1.165, 1.54) is 7.05 Å². The van der Waals surface area contributed by atoms with E-state index in [0.29, 0.717) is 24.2 Å². The monoisotopic (exact) mass is 378 g/mol. The second kappa shape index (κ2) is 37.2. The molecule has 0 heterocycles. The van der Waals surface area contributed by atoms with Gasteiger partial charge in [-0.1, -0.05) is 55.4 Å². The molecule has 0 fully saturated rings. The molecule has 0 amide bonds. The first-order valence-corrected chi connectivity index (χ1v) is 7.57. The molecule has 0 rings (SSSR count). The van der Waals surface area contributed by atoms with Crippen LogP contribution in [0.25, 0.3) is 16.4 Å². The Morgan fingerprint density at radius 2 is 0.619 bits per heavy atom. The van der Waals surface area contributed by atoms with Crippen molar-refractivity contribution in [3.05, 3.63) is 30.2 Å². The summed E-state index contributed by atoms with van der Waals surface area (Å²) in [5, 5.41) is 8.56. The Kier molecular flexibility index (Phi) is 66.9. The van der Waals surface area contributed by atoms with Crippen molar-refractivity contribution in [3.8, 4) is 0 Å². The van der Waals surface area contributed by atoms with Gasteiger partial charge in [0.25, 0.3) is 0 Å². The van der Waals surface area contributed by atoms with Gasteiger partial charge in [0.2, 0.25) is 0 Å². The number of hydrogen-bond acceptors (Lipinski definition) is 0. The third-order valence-electron chi connectivity index (χ3n) is 1.19. The van der Waals surface area contributed by atoms with Crippen molar-refractivity contribution in [3.63, 3.8) is 0 Å². The fourth-order valence-corrected chi connectivity index (χ4v) is 1.19. The standard InChI is InChI=1S/2C6H14N.2C2H5.CH4N.Zr/c2*1-5(2)7-6(3)4;3*1-2;/h2*5-6H,1-4H3;2*1H2,2H3;2H,1H3;/q5*-1;. The van der Waals surface area contributed by atoms with Gasteiger partial charge in [-0.15, -0.1) is 24.2 Å². The molecule has 0 aromatic carbocycles. The summed E-state index contributed by atoms with van der Waals surface area (Å²) < 4.78 is 0. The zero-order chi connectivity index (χ0) is 17.7. The van der Waals surface area contributed by atoms with Crippen LogP contribution in [0.3, 0.4) is 0 Å². The molecule has 0 aliphatic heterocycles. The molecular formula is C17H42N3Zr-5. The van der Waals surface area contributed by atoms with E-state index in [2.05, 4.69) is 79.9 Å². The predicted octanol–water partition coefficient (Wildman–Crippen LogP) is 6.70. The third-order valence-corrected chi connectivity index (χ3v) is 1.19. The second-order valence-corrected chi connectivity index (χ2v) is 4.67. The average Bonchev–Trinajstić information content (AvgIpc) is 2.34. The molecule has 0 aliphatic rings. The number of hydrogen-bond donors (Lipinski definition) is 0. The van der Waals surface area contributed by atoms with E-state index in [1.54, 1.807) is 13.8 Å². The SMILES string of the molecule is CC(C)[N-]C(C)C.CC(C)[N-]C(C)C.C[NH-].[CH2-]C.[CH2-]C.[Zr]. The summed E-state index contributed by atoms with van der Waals surface area (Å²) in [6.07, 6.45) is 0. The molecule has 134 valence electrons. The Bertz CT molecular complexity index is 90.6. The van der Waals surface area contributed by atoms with E-state index >= 15 is 0 Å². The Balaban J connectivity index is -0.0000000381. The van der Waals surface area contributed by atoms with Gasteiger partial charge in [0.15, 0.2) is 0 Å². The summed E-state index contributed by atoms with van der Waals surface area (Å²) in [6, 6.07) is 2.00. The first kappa shape index (κ1) is 37.8. The normalized spacial score (nSPS) is 8.29. The molecule has 21 heavy (non-hydrogen) atoms. The Hall–Kier alpha value is 0.763. The molecule has 0 saturated heterocycles. The van der Waals surface area contributed by atoms with E-state index in [-0.39, 0.29) is 26.2 Å². The van der Waals surface area contributed by atoms with E-state index < -0.39 is 0 Å².